The molecule has 1 heterocycles. The molecule has 0 unspecified atom stereocenters. The summed E-state index contributed by atoms with van der Waals surface area (Å²) in [7, 11) is 0. The third-order valence-corrected chi connectivity index (χ3v) is 6.15. The third kappa shape index (κ3) is 6.58. The fraction of sp³-hybridized carbons (Fsp3) is 0.750. The molecule has 0 bridgehead atoms. The summed E-state index contributed by atoms with van der Waals surface area (Å²) in [5.74, 6) is 0.214. The second kappa shape index (κ2) is 10.6. The van der Waals surface area contributed by atoms with Gasteiger partial charge in [0.05, 0.1) is 19.3 Å². The molecular weight excluding hydrogens is 336 g/mol. The normalized spacial score (nSPS) is 27.4. The van der Waals surface area contributed by atoms with Crippen molar-refractivity contribution < 1.29 is 14.6 Å². The van der Waals surface area contributed by atoms with E-state index in [4.69, 9.17) is 9.47 Å². The molecule has 2 aliphatic rings. The van der Waals surface area contributed by atoms with Gasteiger partial charge in [0, 0.05) is 11.8 Å². The van der Waals surface area contributed by atoms with E-state index in [1.807, 2.05) is 12.2 Å². The van der Waals surface area contributed by atoms with Crippen LogP contribution in [0, 0.1) is 11.3 Å². The molecule has 1 aliphatic heterocycles. The van der Waals surface area contributed by atoms with Crippen molar-refractivity contribution in [2.45, 2.75) is 91.0 Å². The summed E-state index contributed by atoms with van der Waals surface area (Å²) in [5.41, 5.74) is 1.30. The zero-order valence-electron chi connectivity index (χ0n) is 17.9. The fourth-order valence-corrected chi connectivity index (χ4v) is 4.28. The summed E-state index contributed by atoms with van der Waals surface area (Å²) >= 11 is 0. The Bertz CT molecular complexity index is 524. The molecule has 3 nitrogen and oxygen atoms in total. The number of hydrogen-bond donors (Lipinski definition) is 1. The molecule has 2 fully saturated rings. The Balaban J connectivity index is 1.77. The molecule has 1 saturated carbocycles. The van der Waals surface area contributed by atoms with Crippen LogP contribution < -0.4 is 0 Å². The van der Waals surface area contributed by atoms with Crippen molar-refractivity contribution in [3.05, 3.63) is 36.0 Å². The van der Waals surface area contributed by atoms with E-state index in [-0.39, 0.29) is 11.5 Å². The first-order valence-electron chi connectivity index (χ1n) is 10.8. The fourth-order valence-electron chi connectivity index (χ4n) is 4.28. The highest BCUT2D eigenvalue weighted by molar-refractivity contribution is 5.14. The van der Waals surface area contributed by atoms with Crippen molar-refractivity contribution >= 4 is 0 Å². The topological polar surface area (TPSA) is 38.7 Å². The maximum absolute atomic E-state index is 10.2. The Morgan fingerprint density at radius 3 is 2.44 bits per heavy atom. The maximum atomic E-state index is 10.2. The van der Waals surface area contributed by atoms with Crippen LogP contribution in [0.2, 0.25) is 0 Å². The molecule has 1 saturated heterocycles. The summed E-state index contributed by atoms with van der Waals surface area (Å²) in [4.78, 5) is 0. The van der Waals surface area contributed by atoms with Gasteiger partial charge in [-0.3, -0.25) is 0 Å². The van der Waals surface area contributed by atoms with E-state index in [1.165, 1.54) is 24.8 Å². The molecule has 0 radical (unpaired) electrons. The van der Waals surface area contributed by atoms with E-state index in [2.05, 4.69) is 45.9 Å². The molecule has 3 atom stereocenters. The zero-order valence-corrected chi connectivity index (χ0v) is 17.9. The van der Waals surface area contributed by atoms with Gasteiger partial charge in [-0.1, -0.05) is 56.2 Å². The van der Waals surface area contributed by atoms with E-state index < -0.39 is 5.79 Å². The van der Waals surface area contributed by atoms with E-state index in [1.54, 1.807) is 0 Å². The molecule has 1 aliphatic carbocycles. The van der Waals surface area contributed by atoms with Crippen LogP contribution in [0.15, 0.2) is 36.0 Å². The molecule has 27 heavy (non-hydrogen) atoms. The van der Waals surface area contributed by atoms with E-state index >= 15 is 0 Å². The Morgan fingerprint density at radius 2 is 1.74 bits per heavy atom. The van der Waals surface area contributed by atoms with Gasteiger partial charge in [-0.05, 0) is 58.3 Å². The van der Waals surface area contributed by atoms with Gasteiger partial charge in [0.25, 0.3) is 0 Å². The van der Waals surface area contributed by atoms with Gasteiger partial charge in [-0.25, -0.2) is 0 Å². The van der Waals surface area contributed by atoms with Crippen molar-refractivity contribution in [1.82, 2.24) is 0 Å². The van der Waals surface area contributed by atoms with Crippen LogP contribution in [-0.2, 0) is 9.47 Å². The number of hydrogen-bond acceptors (Lipinski definition) is 3. The van der Waals surface area contributed by atoms with E-state index in [0.29, 0.717) is 19.1 Å². The molecule has 0 aromatic rings. The van der Waals surface area contributed by atoms with Gasteiger partial charge in [-0.15, -0.1) is 0 Å². The van der Waals surface area contributed by atoms with Crippen LogP contribution in [0.5, 0.6) is 0 Å². The second-order valence-electron chi connectivity index (χ2n) is 8.93. The lowest BCUT2D eigenvalue weighted by molar-refractivity contribution is -0.235. The third-order valence-electron chi connectivity index (χ3n) is 6.15. The largest absolute Gasteiger partial charge is 0.389 e. The summed E-state index contributed by atoms with van der Waals surface area (Å²) < 4.78 is 12.1. The summed E-state index contributed by atoms with van der Waals surface area (Å²) in [6, 6.07) is 0. The van der Waals surface area contributed by atoms with Gasteiger partial charge < -0.3 is 14.6 Å². The average molecular weight is 377 g/mol. The molecule has 0 amide bonds. The number of aliphatic hydroxyl groups excluding tert-OH is 1. The molecule has 2 rings (SSSR count). The molecular formula is C24H40O3. The van der Waals surface area contributed by atoms with Crippen molar-refractivity contribution in [2.24, 2.45) is 11.3 Å². The van der Waals surface area contributed by atoms with Crippen LogP contribution in [0.25, 0.3) is 0 Å². The number of ether oxygens (including phenoxy) is 2. The predicted octanol–water partition coefficient (Wildman–Crippen LogP) is 5.95. The standard InChI is InChI=1S/C24H40O3/c1-20(2)10-9-11-21(3)13-14-22(25)12-5-6-15-23(4)16-7-8-17-24(23)26-18-19-27-24/h5-6,10,12,15,21-22,25H,7-9,11,13-14,16-19H2,1-4H3/b12-5+,15-6+/t21-,22+,23+/m0/s1. The molecule has 0 aromatic carbocycles. The Kier molecular flexibility index (Phi) is 8.78. The molecule has 3 heteroatoms. The van der Waals surface area contributed by atoms with Crippen molar-refractivity contribution in [3.63, 3.8) is 0 Å². The SMILES string of the molecule is CC(C)=CCC[C@H](C)CC[C@H](O)/C=C/C=C/[C@]1(C)CCCCC12OCCO2. The summed E-state index contributed by atoms with van der Waals surface area (Å²) in [6.07, 6.45) is 18.8. The Hall–Kier alpha value is -0.900. The van der Waals surface area contributed by atoms with Crippen LogP contribution in [0.1, 0.15) is 79.1 Å². The average Bonchev–Trinajstić information content (AvgIpc) is 3.10. The monoisotopic (exact) mass is 376 g/mol. The molecule has 1 spiro atoms. The van der Waals surface area contributed by atoms with Crippen LogP contribution >= 0.6 is 0 Å². The highest BCUT2D eigenvalue weighted by atomic mass is 16.7. The lowest BCUT2D eigenvalue weighted by Gasteiger charge is -2.46. The summed E-state index contributed by atoms with van der Waals surface area (Å²) in [5, 5.41) is 10.2. The predicted molar refractivity (Wildman–Crippen MR) is 113 cm³/mol. The molecule has 0 aromatic heterocycles. The smallest absolute Gasteiger partial charge is 0.177 e. The van der Waals surface area contributed by atoms with Crippen LogP contribution in [0.4, 0.5) is 0 Å². The Morgan fingerprint density at radius 1 is 1.04 bits per heavy atom. The number of rotatable bonds is 9. The highest BCUT2D eigenvalue weighted by Gasteiger charge is 2.52. The summed E-state index contributed by atoms with van der Waals surface area (Å²) in [6.45, 7) is 10.2. The van der Waals surface area contributed by atoms with Gasteiger partial charge >= 0.3 is 0 Å². The second-order valence-corrected chi connectivity index (χ2v) is 8.93. The first-order chi connectivity index (χ1) is 12.9. The minimum atomic E-state index is -0.436. The van der Waals surface area contributed by atoms with Crippen molar-refractivity contribution in [2.75, 3.05) is 13.2 Å². The minimum Gasteiger partial charge on any atom is -0.389 e. The zero-order chi connectivity index (χ0) is 19.8. The molecule has 1 N–H and O–H groups in total. The lowest BCUT2D eigenvalue weighted by Crippen LogP contribution is -2.48. The van der Waals surface area contributed by atoms with Crippen molar-refractivity contribution in [3.8, 4) is 0 Å². The first kappa shape index (κ1) is 22.4. The quantitative estimate of drug-likeness (QED) is 0.399. The maximum Gasteiger partial charge on any atom is 0.177 e. The minimum absolute atomic E-state index is 0.0868. The van der Waals surface area contributed by atoms with Gasteiger partial charge in [0.15, 0.2) is 5.79 Å². The number of allylic oxidation sites excluding steroid dienone is 4. The Labute approximate surface area is 166 Å². The van der Waals surface area contributed by atoms with E-state index in [0.717, 1.165) is 32.1 Å². The van der Waals surface area contributed by atoms with Crippen molar-refractivity contribution in [1.29, 1.82) is 0 Å². The van der Waals surface area contributed by atoms with Crippen LogP contribution in [-0.4, -0.2) is 30.2 Å². The van der Waals surface area contributed by atoms with Gasteiger partial charge in [-0.2, -0.15) is 0 Å². The molecule has 154 valence electrons. The van der Waals surface area contributed by atoms with Crippen LogP contribution in [0.3, 0.4) is 0 Å². The number of aliphatic hydroxyl groups is 1. The van der Waals surface area contributed by atoms with E-state index in [9.17, 15) is 5.11 Å². The van der Waals surface area contributed by atoms with Gasteiger partial charge in [0.1, 0.15) is 0 Å². The lowest BCUT2D eigenvalue weighted by atomic mass is 9.70. The van der Waals surface area contributed by atoms with Gasteiger partial charge in [0.2, 0.25) is 0 Å². The first-order valence-corrected chi connectivity index (χ1v) is 10.8. The highest BCUT2D eigenvalue weighted by Crippen LogP contribution is 2.50.